The van der Waals surface area contributed by atoms with Gasteiger partial charge in [-0.25, -0.2) is 0 Å². The van der Waals surface area contributed by atoms with Crippen LogP contribution in [0.5, 0.6) is 0 Å². The topological polar surface area (TPSA) is 9.86 Å². The predicted molar refractivity (Wildman–Crippen MR) is 288 cm³/mol. The minimum atomic E-state index is 1.13. The largest absolute Gasteiger partial charge is 0.309 e. The van der Waals surface area contributed by atoms with Crippen molar-refractivity contribution in [2.24, 2.45) is 0 Å². The van der Waals surface area contributed by atoms with E-state index in [1.807, 2.05) is 0 Å². The van der Waals surface area contributed by atoms with Crippen LogP contribution in [-0.2, 0) is 0 Å². The average molecular weight is 865 g/mol. The lowest BCUT2D eigenvalue weighted by atomic mass is 9.95. The zero-order chi connectivity index (χ0) is 45.0. The van der Waals surface area contributed by atoms with E-state index in [2.05, 4.69) is 276 Å². The van der Waals surface area contributed by atoms with Gasteiger partial charge in [0.1, 0.15) is 0 Å². The first kappa shape index (κ1) is 39.4. The van der Waals surface area contributed by atoms with Crippen molar-refractivity contribution in [1.29, 1.82) is 0 Å². The molecule has 0 atom stereocenters. The highest BCUT2D eigenvalue weighted by molar-refractivity contribution is 6.20. The molecule has 2 heterocycles. The molecular formula is C66H44N2. The van der Waals surface area contributed by atoms with Crippen molar-refractivity contribution in [3.8, 4) is 78.1 Å². The van der Waals surface area contributed by atoms with Crippen molar-refractivity contribution in [3.05, 3.63) is 267 Å². The van der Waals surface area contributed by atoms with E-state index in [4.69, 9.17) is 0 Å². The molecule has 2 nitrogen and oxygen atoms in total. The minimum absolute atomic E-state index is 1.13. The number of nitrogens with zero attached hydrogens (tertiary/aromatic N) is 2. The van der Waals surface area contributed by atoms with Gasteiger partial charge in [0.2, 0.25) is 0 Å². The van der Waals surface area contributed by atoms with E-state index in [1.165, 1.54) is 110 Å². The second-order valence-electron chi connectivity index (χ2n) is 17.7. The molecule has 0 spiro atoms. The SMILES string of the molecule is c1ccc(-c2cccc(-c3cccc(-c4ccc(-c5ccc(-n6c7ccccc7c7cccc(-c8cccc9c8c8ccccc8n9-c8cccc(-c9ccccc9)c8)c76)cc5)cc4)c3)c2)cc1. The second kappa shape index (κ2) is 16.5. The highest BCUT2D eigenvalue weighted by Gasteiger charge is 2.21. The maximum Gasteiger partial charge on any atom is 0.0619 e. The summed E-state index contributed by atoms with van der Waals surface area (Å²) in [6.07, 6.45) is 0. The Morgan fingerprint density at radius 3 is 1.24 bits per heavy atom. The fraction of sp³-hybridized carbons (Fsp3) is 0. The van der Waals surface area contributed by atoms with Gasteiger partial charge in [-0.05, 0) is 116 Å². The molecule has 0 N–H and O–H groups in total. The molecule has 2 heteroatoms. The Morgan fingerprint density at radius 2 is 0.603 bits per heavy atom. The van der Waals surface area contributed by atoms with E-state index in [-0.39, 0.29) is 0 Å². The Kier molecular flexibility index (Phi) is 9.54. The van der Waals surface area contributed by atoms with Crippen molar-refractivity contribution in [2.45, 2.75) is 0 Å². The molecule has 0 amide bonds. The van der Waals surface area contributed by atoms with Gasteiger partial charge in [0.25, 0.3) is 0 Å². The third-order valence-corrected chi connectivity index (χ3v) is 13.7. The van der Waals surface area contributed by atoms with Crippen LogP contribution in [-0.4, -0.2) is 9.13 Å². The standard InChI is InChI=1S/C66H44N2/c1-3-16-45(17-4-1)50-20-11-22-52(42-50)53-23-12-21-51(43-53)49-36-34-47(35-37-49)48-38-40-55(41-39-48)68-62-31-9-7-26-57(62)59-29-14-30-60(66(59)68)58-28-15-33-64-65(58)61-27-8-10-32-63(61)67(64)56-25-13-24-54(44-56)46-18-5-2-6-19-46/h1-44H. The van der Waals surface area contributed by atoms with Gasteiger partial charge in [-0.1, -0.05) is 212 Å². The molecule has 0 unspecified atom stereocenters. The summed E-state index contributed by atoms with van der Waals surface area (Å²) >= 11 is 0. The quantitative estimate of drug-likeness (QED) is 0.144. The number of hydrogen-bond donors (Lipinski definition) is 0. The number of hydrogen-bond acceptors (Lipinski definition) is 0. The van der Waals surface area contributed by atoms with Crippen LogP contribution >= 0.6 is 0 Å². The highest BCUT2D eigenvalue weighted by Crippen LogP contribution is 2.44. The molecule has 68 heavy (non-hydrogen) atoms. The van der Waals surface area contributed by atoms with E-state index in [1.54, 1.807) is 0 Å². The van der Waals surface area contributed by atoms with Crippen molar-refractivity contribution in [2.75, 3.05) is 0 Å². The van der Waals surface area contributed by atoms with Gasteiger partial charge >= 0.3 is 0 Å². The van der Waals surface area contributed by atoms with Crippen molar-refractivity contribution < 1.29 is 0 Å². The molecule has 0 saturated carbocycles. The van der Waals surface area contributed by atoms with Gasteiger partial charge in [-0.3, -0.25) is 0 Å². The van der Waals surface area contributed by atoms with Crippen molar-refractivity contribution in [3.63, 3.8) is 0 Å². The third kappa shape index (κ3) is 6.73. The molecule has 0 bridgehead atoms. The lowest BCUT2D eigenvalue weighted by molar-refractivity contribution is 1.18. The van der Waals surface area contributed by atoms with Gasteiger partial charge in [0.15, 0.2) is 0 Å². The normalized spacial score (nSPS) is 11.5. The van der Waals surface area contributed by atoms with E-state index in [9.17, 15) is 0 Å². The summed E-state index contributed by atoms with van der Waals surface area (Å²) in [5.74, 6) is 0. The van der Waals surface area contributed by atoms with Crippen LogP contribution < -0.4 is 0 Å². The van der Waals surface area contributed by atoms with Gasteiger partial charge < -0.3 is 9.13 Å². The fourth-order valence-electron chi connectivity index (χ4n) is 10.5. The zero-order valence-corrected chi connectivity index (χ0v) is 37.3. The van der Waals surface area contributed by atoms with E-state index in [0.717, 1.165) is 11.4 Å². The highest BCUT2D eigenvalue weighted by atomic mass is 15.0. The van der Waals surface area contributed by atoms with Gasteiger partial charge in [0, 0.05) is 38.5 Å². The molecular weight excluding hydrogens is 821 g/mol. The van der Waals surface area contributed by atoms with Gasteiger partial charge in [-0.15, -0.1) is 0 Å². The number of benzene rings is 11. The van der Waals surface area contributed by atoms with E-state index < -0.39 is 0 Å². The molecule has 0 aliphatic carbocycles. The Labute approximate surface area is 395 Å². The summed E-state index contributed by atoms with van der Waals surface area (Å²) in [7, 11) is 0. The van der Waals surface area contributed by atoms with Gasteiger partial charge in [0.05, 0.1) is 22.1 Å². The molecule has 318 valence electrons. The zero-order valence-electron chi connectivity index (χ0n) is 37.3. The number of para-hydroxylation sites is 3. The lowest BCUT2D eigenvalue weighted by Gasteiger charge is -2.14. The summed E-state index contributed by atoms with van der Waals surface area (Å²) in [6, 6.07) is 97.3. The summed E-state index contributed by atoms with van der Waals surface area (Å²) < 4.78 is 4.90. The van der Waals surface area contributed by atoms with Crippen LogP contribution in [0.3, 0.4) is 0 Å². The summed E-state index contributed by atoms with van der Waals surface area (Å²) in [6.45, 7) is 0. The first-order valence-electron chi connectivity index (χ1n) is 23.4. The molecule has 13 aromatic rings. The number of aromatic nitrogens is 2. The van der Waals surface area contributed by atoms with Crippen LogP contribution in [0.25, 0.3) is 122 Å². The Balaban J connectivity index is 0.880. The van der Waals surface area contributed by atoms with E-state index >= 15 is 0 Å². The van der Waals surface area contributed by atoms with E-state index in [0.29, 0.717) is 0 Å². The molecule has 0 aliphatic heterocycles. The summed E-state index contributed by atoms with van der Waals surface area (Å²) in [5.41, 5.74) is 21.5. The fourth-order valence-corrected chi connectivity index (χ4v) is 10.5. The van der Waals surface area contributed by atoms with Crippen molar-refractivity contribution in [1.82, 2.24) is 9.13 Å². The Morgan fingerprint density at radius 1 is 0.206 bits per heavy atom. The van der Waals surface area contributed by atoms with Crippen LogP contribution in [0.15, 0.2) is 267 Å². The van der Waals surface area contributed by atoms with Crippen LogP contribution in [0.1, 0.15) is 0 Å². The molecule has 0 fully saturated rings. The maximum atomic E-state index is 2.47. The number of fused-ring (bicyclic) bond motifs is 6. The maximum absolute atomic E-state index is 2.47. The molecule has 0 radical (unpaired) electrons. The number of rotatable bonds is 8. The lowest BCUT2D eigenvalue weighted by Crippen LogP contribution is -1.96. The first-order valence-corrected chi connectivity index (χ1v) is 23.4. The Bertz CT molecular complexity index is 3990. The second-order valence-corrected chi connectivity index (χ2v) is 17.7. The Hall–Kier alpha value is -8.98. The molecule has 2 aromatic heterocycles. The summed E-state index contributed by atoms with van der Waals surface area (Å²) in [4.78, 5) is 0. The minimum Gasteiger partial charge on any atom is -0.309 e. The average Bonchev–Trinajstić information content (AvgIpc) is 3.95. The van der Waals surface area contributed by atoms with Crippen LogP contribution in [0.4, 0.5) is 0 Å². The third-order valence-electron chi connectivity index (χ3n) is 13.7. The monoisotopic (exact) mass is 864 g/mol. The van der Waals surface area contributed by atoms with Crippen LogP contribution in [0.2, 0.25) is 0 Å². The van der Waals surface area contributed by atoms with Gasteiger partial charge in [-0.2, -0.15) is 0 Å². The molecule has 13 rings (SSSR count). The summed E-state index contributed by atoms with van der Waals surface area (Å²) in [5, 5.41) is 4.96. The van der Waals surface area contributed by atoms with Crippen LogP contribution in [0, 0.1) is 0 Å². The molecule has 0 saturated heterocycles. The molecule has 11 aromatic carbocycles. The smallest absolute Gasteiger partial charge is 0.0619 e. The first-order chi connectivity index (χ1) is 33.7. The van der Waals surface area contributed by atoms with Crippen molar-refractivity contribution >= 4 is 43.6 Å². The predicted octanol–water partition coefficient (Wildman–Crippen LogP) is 17.9. The molecule has 0 aliphatic rings.